The van der Waals surface area contributed by atoms with Crippen molar-refractivity contribution < 1.29 is 13.2 Å². The van der Waals surface area contributed by atoms with Crippen molar-refractivity contribution in [2.24, 2.45) is 13.0 Å². The molecule has 2 N–H and O–H groups in total. The first-order valence-corrected chi connectivity index (χ1v) is 10.5. The molecule has 1 unspecified atom stereocenters. The number of hydrogen-bond donors (Lipinski definition) is 2. The molecule has 0 fully saturated rings. The molecule has 1 heterocycles. The Balaban J connectivity index is 1.75. The maximum absolute atomic E-state index is 12.7. The van der Waals surface area contributed by atoms with Gasteiger partial charge in [0.1, 0.15) is 6.04 Å². The average molecular weight is 401 g/mol. The van der Waals surface area contributed by atoms with Crippen molar-refractivity contribution in [2.45, 2.75) is 31.3 Å². The monoisotopic (exact) mass is 400 g/mol. The topological polar surface area (TPSA) is 93.1 Å². The molecule has 0 aliphatic carbocycles. The number of nitrogens with zero attached hydrogens (tertiary/aromatic N) is 2. The van der Waals surface area contributed by atoms with Crippen LogP contribution in [-0.2, 0) is 28.4 Å². The molecule has 2 aromatic carbocycles. The van der Waals surface area contributed by atoms with Gasteiger partial charge in [0.15, 0.2) is 0 Å². The maximum Gasteiger partial charge on any atom is 0.241 e. The fourth-order valence-electron chi connectivity index (χ4n) is 3.03. The highest BCUT2D eigenvalue weighted by atomic mass is 32.2. The molecule has 1 atom stereocenters. The van der Waals surface area contributed by atoms with Gasteiger partial charge in [-0.2, -0.15) is 9.82 Å². The largest absolute Gasteiger partial charge is 0.349 e. The molecule has 3 rings (SSSR count). The zero-order valence-corrected chi connectivity index (χ0v) is 16.9. The van der Waals surface area contributed by atoms with Crippen LogP contribution in [0.2, 0.25) is 0 Å². The van der Waals surface area contributed by atoms with E-state index in [1.807, 2.05) is 31.3 Å². The van der Waals surface area contributed by atoms with Crippen LogP contribution in [0.15, 0.2) is 59.5 Å². The van der Waals surface area contributed by atoms with Crippen molar-refractivity contribution in [1.29, 1.82) is 0 Å². The third-order valence-corrected chi connectivity index (χ3v) is 6.01. The SMILES string of the molecule is CC(C)C(NS(=O)(=O)c1ccccc1)C(=O)NCc1nn(C)c2ccccc12. The predicted molar refractivity (Wildman–Crippen MR) is 108 cm³/mol. The summed E-state index contributed by atoms with van der Waals surface area (Å²) in [4.78, 5) is 12.9. The molecule has 0 aliphatic heterocycles. The summed E-state index contributed by atoms with van der Waals surface area (Å²) in [6, 6.07) is 14.9. The summed E-state index contributed by atoms with van der Waals surface area (Å²) in [6.45, 7) is 3.82. The van der Waals surface area contributed by atoms with Crippen LogP contribution < -0.4 is 10.0 Å². The number of sulfonamides is 1. The molecular formula is C20H24N4O3S. The zero-order chi connectivity index (χ0) is 20.3. The summed E-state index contributed by atoms with van der Waals surface area (Å²) in [5, 5.41) is 8.22. The minimum Gasteiger partial charge on any atom is -0.349 e. The highest BCUT2D eigenvalue weighted by Crippen LogP contribution is 2.17. The van der Waals surface area contributed by atoms with Crippen molar-refractivity contribution in [1.82, 2.24) is 19.8 Å². The van der Waals surface area contributed by atoms with Crippen molar-refractivity contribution in [3.63, 3.8) is 0 Å². The van der Waals surface area contributed by atoms with E-state index in [0.29, 0.717) is 0 Å². The summed E-state index contributed by atoms with van der Waals surface area (Å²) < 4.78 is 29.5. The number of para-hydroxylation sites is 1. The van der Waals surface area contributed by atoms with E-state index in [0.717, 1.165) is 16.6 Å². The highest BCUT2D eigenvalue weighted by Gasteiger charge is 2.28. The quantitative estimate of drug-likeness (QED) is 0.636. The van der Waals surface area contributed by atoms with Crippen molar-refractivity contribution in [3.8, 4) is 0 Å². The van der Waals surface area contributed by atoms with Crippen LogP contribution in [0.25, 0.3) is 10.9 Å². The van der Waals surface area contributed by atoms with E-state index in [2.05, 4.69) is 15.1 Å². The first kappa shape index (κ1) is 20.0. The fourth-order valence-corrected chi connectivity index (χ4v) is 4.39. The van der Waals surface area contributed by atoms with Gasteiger partial charge in [0.05, 0.1) is 22.7 Å². The van der Waals surface area contributed by atoms with Crippen LogP contribution >= 0.6 is 0 Å². The Morgan fingerprint density at radius 1 is 1.07 bits per heavy atom. The molecule has 0 bridgehead atoms. The lowest BCUT2D eigenvalue weighted by atomic mass is 10.0. The van der Waals surface area contributed by atoms with E-state index >= 15 is 0 Å². The summed E-state index contributed by atoms with van der Waals surface area (Å²) >= 11 is 0. The molecule has 1 aromatic heterocycles. The number of hydrogen-bond acceptors (Lipinski definition) is 4. The third kappa shape index (κ3) is 4.23. The number of rotatable bonds is 7. The van der Waals surface area contributed by atoms with Gasteiger partial charge in [-0.05, 0) is 24.1 Å². The Morgan fingerprint density at radius 3 is 2.39 bits per heavy atom. The predicted octanol–water partition coefficient (Wildman–Crippen LogP) is 2.19. The minimum absolute atomic E-state index is 0.129. The van der Waals surface area contributed by atoms with Gasteiger partial charge in [0.25, 0.3) is 0 Å². The summed E-state index contributed by atoms with van der Waals surface area (Å²) in [5.41, 5.74) is 1.71. The molecule has 0 saturated carbocycles. The number of amides is 1. The van der Waals surface area contributed by atoms with Crippen molar-refractivity contribution in [2.75, 3.05) is 0 Å². The number of benzene rings is 2. The van der Waals surface area contributed by atoms with Gasteiger partial charge in [-0.3, -0.25) is 9.48 Å². The standard InChI is InChI=1S/C20H24N4O3S/c1-14(2)19(23-28(26,27)15-9-5-4-6-10-15)20(25)21-13-17-16-11-7-8-12-18(16)24(3)22-17/h4-12,14,19,23H,13H2,1-3H3,(H,21,25). The van der Waals surface area contributed by atoms with E-state index in [-0.39, 0.29) is 23.3 Å². The smallest absolute Gasteiger partial charge is 0.241 e. The second kappa shape index (κ2) is 8.12. The average Bonchev–Trinajstić information content (AvgIpc) is 3.01. The number of carbonyl (C=O) groups excluding carboxylic acids is 1. The molecular weight excluding hydrogens is 376 g/mol. The molecule has 0 spiro atoms. The summed E-state index contributed by atoms with van der Waals surface area (Å²) in [6.07, 6.45) is 0. The molecule has 8 heteroatoms. The second-order valence-corrected chi connectivity index (χ2v) is 8.68. The number of aryl methyl sites for hydroxylation is 1. The maximum atomic E-state index is 12.7. The lowest BCUT2D eigenvalue weighted by Crippen LogP contribution is -2.49. The number of carbonyl (C=O) groups is 1. The van der Waals surface area contributed by atoms with Gasteiger partial charge in [-0.15, -0.1) is 0 Å². The van der Waals surface area contributed by atoms with Crippen molar-refractivity contribution >= 4 is 26.8 Å². The van der Waals surface area contributed by atoms with Gasteiger partial charge < -0.3 is 5.32 Å². The molecule has 0 radical (unpaired) electrons. The van der Waals surface area contributed by atoms with Crippen LogP contribution in [-0.4, -0.2) is 30.1 Å². The van der Waals surface area contributed by atoms with Gasteiger partial charge in [0, 0.05) is 12.4 Å². The second-order valence-electron chi connectivity index (χ2n) is 6.96. The van der Waals surface area contributed by atoms with Crippen LogP contribution in [0.1, 0.15) is 19.5 Å². The van der Waals surface area contributed by atoms with E-state index in [4.69, 9.17) is 0 Å². The number of fused-ring (bicyclic) bond motifs is 1. The Hall–Kier alpha value is -2.71. The van der Waals surface area contributed by atoms with E-state index < -0.39 is 16.1 Å². The van der Waals surface area contributed by atoms with Crippen molar-refractivity contribution in [3.05, 3.63) is 60.3 Å². The lowest BCUT2D eigenvalue weighted by Gasteiger charge is -2.21. The van der Waals surface area contributed by atoms with Gasteiger partial charge >= 0.3 is 0 Å². The number of nitrogens with one attached hydrogen (secondary N) is 2. The Bertz CT molecular complexity index is 1080. The van der Waals surface area contributed by atoms with Crippen LogP contribution in [0.5, 0.6) is 0 Å². The van der Waals surface area contributed by atoms with Crippen LogP contribution in [0.4, 0.5) is 0 Å². The zero-order valence-electron chi connectivity index (χ0n) is 16.1. The van der Waals surface area contributed by atoms with Gasteiger partial charge in [0.2, 0.25) is 15.9 Å². The molecule has 0 aliphatic rings. The van der Waals surface area contributed by atoms with E-state index in [1.54, 1.807) is 36.7 Å². The van der Waals surface area contributed by atoms with Crippen LogP contribution in [0, 0.1) is 5.92 Å². The van der Waals surface area contributed by atoms with Gasteiger partial charge in [-0.25, -0.2) is 8.42 Å². The highest BCUT2D eigenvalue weighted by molar-refractivity contribution is 7.89. The first-order chi connectivity index (χ1) is 13.3. The lowest BCUT2D eigenvalue weighted by molar-refractivity contribution is -0.123. The normalized spacial score (nSPS) is 13.0. The number of aromatic nitrogens is 2. The summed E-state index contributed by atoms with van der Waals surface area (Å²) in [5.74, 6) is -0.608. The summed E-state index contributed by atoms with van der Waals surface area (Å²) in [7, 11) is -1.95. The molecule has 1 amide bonds. The third-order valence-electron chi connectivity index (χ3n) is 4.55. The van der Waals surface area contributed by atoms with Gasteiger partial charge in [-0.1, -0.05) is 50.2 Å². The fraction of sp³-hybridized carbons (Fsp3) is 0.300. The van der Waals surface area contributed by atoms with Crippen LogP contribution in [0.3, 0.4) is 0 Å². The molecule has 148 valence electrons. The molecule has 0 saturated heterocycles. The Kier molecular flexibility index (Phi) is 5.81. The minimum atomic E-state index is -3.79. The molecule has 28 heavy (non-hydrogen) atoms. The first-order valence-electron chi connectivity index (χ1n) is 9.05. The molecule has 3 aromatic rings. The van der Waals surface area contributed by atoms with E-state index in [9.17, 15) is 13.2 Å². The van der Waals surface area contributed by atoms with E-state index in [1.165, 1.54) is 12.1 Å². The Labute approximate surface area is 164 Å². The Morgan fingerprint density at radius 2 is 1.71 bits per heavy atom. The molecule has 7 nitrogen and oxygen atoms in total.